The third-order valence-corrected chi connectivity index (χ3v) is 5.46. The van der Waals surface area contributed by atoms with Crippen molar-refractivity contribution in [2.24, 2.45) is 0 Å². The van der Waals surface area contributed by atoms with Crippen molar-refractivity contribution in [1.82, 2.24) is 9.97 Å². The van der Waals surface area contributed by atoms with Crippen molar-refractivity contribution in [3.8, 4) is 17.0 Å². The fourth-order valence-electron chi connectivity index (χ4n) is 3.86. The first-order valence-corrected chi connectivity index (χ1v) is 10.9. The van der Waals surface area contributed by atoms with Gasteiger partial charge in [-0.15, -0.1) is 0 Å². The van der Waals surface area contributed by atoms with E-state index >= 15 is 0 Å². The Labute approximate surface area is 187 Å². The third-order valence-electron chi connectivity index (χ3n) is 5.46. The Bertz CT molecular complexity index is 1100. The molecule has 0 aliphatic carbocycles. The number of morpholine rings is 1. The first-order chi connectivity index (χ1) is 15.8. The summed E-state index contributed by atoms with van der Waals surface area (Å²) >= 11 is 0. The molecule has 7 heteroatoms. The molecule has 3 aromatic rings. The second-order valence-corrected chi connectivity index (χ2v) is 7.66. The molecule has 0 amide bonds. The van der Waals surface area contributed by atoms with Gasteiger partial charge in [-0.05, 0) is 42.5 Å². The Morgan fingerprint density at radius 3 is 2.75 bits per heavy atom. The van der Waals surface area contributed by atoms with Crippen LogP contribution < -0.4 is 15.0 Å². The van der Waals surface area contributed by atoms with Crippen LogP contribution in [0.15, 0.2) is 66.9 Å². The Hall–Kier alpha value is -3.42. The molecule has 2 aliphatic rings. The van der Waals surface area contributed by atoms with Gasteiger partial charge < -0.3 is 24.4 Å². The van der Waals surface area contributed by atoms with Crippen LogP contribution in [-0.2, 0) is 16.1 Å². The van der Waals surface area contributed by atoms with Gasteiger partial charge in [0.1, 0.15) is 12.4 Å². The van der Waals surface area contributed by atoms with Gasteiger partial charge in [0.2, 0.25) is 5.95 Å². The average Bonchev–Trinajstić information content (AvgIpc) is 2.84. The predicted octanol–water partition coefficient (Wildman–Crippen LogP) is 4.19. The number of fused-ring (bicyclic) bond motifs is 7. The Morgan fingerprint density at radius 2 is 1.81 bits per heavy atom. The lowest BCUT2D eigenvalue weighted by Gasteiger charge is -2.31. The van der Waals surface area contributed by atoms with Crippen molar-refractivity contribution in [1.29, 1.82) is 0 Å². The summed E-state index contributed by atoms with van der Waals surface area (Å²) in [5.41, 5.74) is 5.03. The van der Waals surface area contributed by atoms with Gasteiger partial charge in [0.05, 0.1) is 32.1 Å². The van der Waals surface area contributed by atoms with Crippen molar-refractivity contribution >= 4 is 17.3 Å². The maximum Gasteiger partial charge on any atom is 0.227 e. The summed E-state index contributed by atoms with van der Waals surface area (Å²) in [6, 6.07) is 16.1. The maximum absolute atomic E-state index is 5.96. The highest BCUT2D eigenvalue weighted by Gasteiger charge is 2.16. The summed E-state index contributed by atoms with van der Waals surface area (Å²) < 4.78 is 17.3. The van der Waals surface area contributed by atoms with Gasteiger partial charge in [-0.2, -0.15) is 0 Å². The van der Waals surface area contributed by atoms with Crippen molar-refractivity contribution in [3.63, 3.8) is 0 Å². The monoisotopic (exact) mass is 430 g/mol. The number of anilines is 3. The van der Waals surface area contributed by atoms with E-state index in [1.165, 1.54) is 5.69 Å². The standard InChI is InChI=1S/C25H26N4O3/c1-2-13-32-22-5-3-4-19(17-22)23-8-9-26-25(28-23)27-21-6-7-24(20(16-21)18-31-12-1)29-10-14-30-15-11-29/h1-9,16-17H,10-15,18H2,(H,26,27,28)/b2-1-. The molecule has 32 heavy (non-hydrogen) atoms. The van der Waals surface area contributed by atoms with Gasteiger partial charge in [-0.25, -0.2) is 9.97 Å². The minimum atomic E-state index is 0.484. The van der Waals surface area contributed by atoms with Gasteiger partial charge >= 0.3 is 0 Å². The minimum Gasteiger partial charge on any atom is -0.490 e. The van der Waals surface area contributed by atoms with Crippen molar-refractivity contribution in [3.05, 3.63) is 72.4 Å². The first kappa shape index (κ1) is 20.5. The molecule has 164 valence electrons. The van der Waals surface area contributed by atoms with E-state index in [0.717, 1.165) is 54.6 Å². The second kappa shape index (κ2) is 9.80. The van der Waals surface area contributed by atoms with Crippen LogP contribution in [0.2, 0.25) is 0 Å². The van der Waals surface area contributed by atoms with Crippen molar-refractivity contribution in [2.75, 3.05) is 49.7 Å². The number of hydrogen-bond donors (Lipinski definition) is 1. The highest BCUT2D eigenvalue weighted by molar-refractivity contribution is 5.66. The lowest BCUT2D eigenvalue weighted by Crippen LogP contribution is -2.36. The fraction of sp³-hybridized carbons (Fsp3) is 0.280. The Kier molecular flexibility index (Phi) is 6.28. The van der Waals surface area contributed by atoms with Gasteiger partial charge in [-0.3, -0.25) is 0 Å². The summed E-state index contributed by atoms with van der Waals surface area (Å²) in [5.74, 6) is 1.35. The van der Waals surface area contributed by atoms with Crippen LogP contribution in [0.3, 0.4) is 0 Å². The van der Waals surface area contributed by atoms with Crippen molar-refractivity contribution in [2.45, 2.75) is 6.61 Å². The molecule has 7 nitrogen and oxygen atoms in total. The summed E-state index contributed by atoms with van der Waals surface area (Å²) in [5, 5.41) is 3.35. The van der Waals surface area contributed by atoms with Crippen LogP contribution in [0.4, 0.5) is 17.3 Å². The van der Waals surface area contributed by atoms with E-state index < -0.39 is 0 Å². The summed E-state index contributed by atoms with van der Waals surface area (Å²) in [6.45, 7) is 4.75. The number of hydrogen-bond acceptors (Lipinski definition) is 7. The minimum absolute atomic E-state index is 0.484. The molecule has 1 saturated heterocycles. The smallest absolute Gasteiger partial charge is 0.227 e. The van der Waals surface area contributed by atoms with Crippen LogP contribution in [-0.4, -0.2) is 49.5 Å². The fourth-order valence-corrected chi connectivity index (χ4v) is 3.86. The summed E-state index contributed by atoms with van der Waals surface area (Å²) in [7, 11) is 0. The zero-order valence-corrected chi connectivity index (χ0v) is 17.9. The van der Waals surface area contributed by atoms with Gasteiger partial charge in [0, 0.05) is 41.8 Å². The lowest BCUT2D eigenvalue weighted by atomic mass is 10.1. The largest absolute Gasteiger partial charge is 0.490 e. The molecule has 0 atom stereocenters. The zero-order chi connectivity index (χ0) is 21.6. The molecule has 2 aliphatic heterocycles. The second-order valence-electron chi connectivity index (χ2n) is 7.66. The van der Waals surface area contributed by atoms with Crippen LogP contribution in [0.25, 0.3) is 11.3 Å². The van der Waals surface area contributed by atoms with Crippen LogP contribution >= 0.6 is 0 Å². The molecule has 0 spiro atoms. The zero-order valence-electron chi connectivity index (χ0n) is 17.9. The van der Waals surface area contributed by atoms with E-state index in [-0.39, 0.29) is 0 Å². The third kappa shape index (κ3) is 4.90. The lowest BCUT2D eigenvalue weighted by molar-refractivity contribution is 0.121. The number of rotatable bonds is 1. The molecule has 1 aromatic heterocycles. The first-order valence-electron chi connectivity index (χ1n) is 10.9. The molecule has 1 N–H and O–H groups in total. The van der Waals surface area contributed by atoms with Crippen molar-refractivity contribution < 1.29 is 14.2 Å². The molecule has 0 saturated carbocycles. The molecule has 3 heterocycles. The molecule has 5 rings (SSSR count). The van der Waals surface area contributed by atoms with E-state index in [1.54, 1.807) is 6.20 Å². The van der Waals surface area contributed by atoms with E-state index in [1.807, 2.05) is 42.5 Å². The molecular formula is C25H26N4O3. The molecule has 0 radical (unpaired) electrons. The van der Waals surface area contributed by atoms with E-state index in [9.17, 15) is 0 Å². The highest BCUT2D eigenvalue weighted by Crippen LogP contribution is 2.28. The molecule has 0 unspecified atom stereocenters. The molecule has 1 fully saturated rings. The highest BCUT2D eigenvalue weighted by atomic mass is 16.5. The number of aromatic nitrogens is 2. The Balaban J connectivity index is 1.48. The normalized spacial score (nSPS) is 17.6. The van der Waals surface area contributed by atoms with Gasteiger partial charge in [0.25, 0.3) is 0 Å². The average molecular weight is 431 g/mol. The Morgan fingerprint density at radius 1 is 0.906 bits per heavy atom. The van der Waals surface area contributed by atoms with Crippen LogP contribution in [0, 0.1) is 0 Å². The molecule has 2 aromatic carbocycles. The number of benzene rings is 2. The SMILES string of the molecule is C1=C\COc2cccc(c2)-c2ccnc(n2)Nc2ccc(N3CCOCC3)c(c2)COC/1. The molecule has 6 bridgehead atoms. The van der Waals surface area contributed by atoms with Crippen LogP contribution in [0.5, 0.6) is 5.75 Å². The number of nitrogens with one attached hydrogen (secondary N) is 1. The van der Waals surface area contributed by atoms with E-state index in [2.05, 4.69) is 33.4 Å². The van der Waals surface area contributed by atoms with Gasteiger partial charge in [-0.1, -0.05) is 18.2 Å². The quantitative estimate of drug-likeness (QED) is 0.581. The van der Waals surface area contributed by atoms with E-state index in [0.29, 0.717) is 25.8 Å². The summed E-state index contributed by atoms with van der Waals surface area (Å²) in [4.78, 5) is 11.5. The van der Waals surface area contributed by atoms with Gasteiger partial charge in [0.15, 0.2) is 0 Å². The number of ether oxygens (including phenoxy) is 3. The van der Waals surface area contributed by atoms with Crippen LogP contribution in [0.1, 0.15) is 5.56 Å². The summed E-state index contributed by atoms with van der Waals surface area (Å²) in [6.07, 6.45) is 5.74. The number of nitrogens with zero attached hydrogens (tertiary/aromatic N) is 3. The topological polar surface area (TPSA) is 68.7 Å². The molecular weight excluding hydrogens is 404 g/mol. The maximum atomic E-state index is 5.96. The van der Waals surface area contributed by atoms with E-state index in [4.69, 9.17) is 19.2 Å². The predicted molar refractivity (Wildman–Crippen MR) is 125 cm³/mol.